The summed E-state index contributed by atoms with van der Waals surface area (Å²) in [6, 6.07) is 7.46. The number of aromatic nitrogens is 4. The van der Waals surface area contributed by atoms with Gasteiger partial charge in [-0.25, -0.2) is 14.3 Å². The highest BCUT2D eigenvalue weighted by Crippen LogP contribution is 2.15. The summed E-state index contributed by atoms with van der Waals surface area (Å²) in [6.07, 6.45) is 9.17. The second-order valence-corrected chi connectivity index (χ2v) is 6.04. The first-order valence-corrected chi connectivity index (χ1v) is 8.69. The average Bonchev–Trinajstić information content (AvgIpc) is 3.14. The highest BCUT2D eigenvalue weighted by atomic mass is 16.5. The van der Waals surface area contributed by atoms with Crippen LogP contribution in [0.15, 0.2) is 33.9 Å². The van der Waals surface area contributed by atoms with Crippen molar-refractivity contribution >= 4 is 23.3 Å². The van der Waals surface area contributed by atoms with Gasteiger partial charge in [0.15, 0.2) is 5.65 Å². The van der Waals surface area contributed by atoms with Gasteiger partial charge in [0.2, 0.25) is 0 Å². The lowest BCUT2D eigenvalue weighted by Crippen LogP contribution is -2.40. The molecule has 1 aromatic carbocycles. The van der Waals surface area contributed by atoms with Gasteiger partial charge in [-0.2, -0.15) is 0 Å². The second-order valence-electron chi connectivity index (χ2n) is 6.04. The molecule has 0 fully saturated rings. The standard InChI is InChI=1S/C20H20N4O4/c1-3-10-24-19(26)17-18(23(20(24)27)11-5-12-25)22-16(21-17)9-8-14-6-4-7-15(13-14)28-2/h1,4,6-9,13,25H,5,10-12H2,2H3,(H,21,22). The Kier molecular flexibility index (Phi) is 5.77. The zero-order valence-electron chi connectivity index (χ0n) is 15.4. The number of aliphatic hydroxyl groups excluding tert-OH is 1. The van der Waals surface area contributed by atoms with E-state index in [9.17, 15) is 9.59 Å². The van der Waals surface area contributed by atoms with Gasteiger partial charge < -0.3 is 14.8 Å². The van der Waals surface area contributed by atoms with Crippen LogP contribution in [0.3, 0.4) is 0 Å². The van der Waals surface area contributed by atoms with Gasteiger partial charge in [-0.15, -0.1) is 6.42 Å². The number of hydrogen-bond donors (Lipinski definition) is 2. The molecule has 28 heavy (non-hydrogen) atoms. The SMILES string of the molecule is C#CCn1c(=O)c2[nH]c(C=Cc3cccc(OC)c3)nc2n(CCCO)c1=O. The van der Waals surface area contributed by atoms with E-state index in [0.717, 1.165) is 15.9 Å². The maximum absolute atomic E-state index is 12.6. The molecule has 3 aromatic rings. The van der Waals surface area contributed by atoms with E-state index in [1.54, 1.807) is 13.2 Å². The van der Waals surface area contributed by atoms with Crippen LogP contribution in [0.1, 0.15) is 17.8 Å². The Morgan fingerprint density at radius 1 is 1.32 bits per heavy atom. The fourth-order valence-corrected chi connectivity index (χ4v) is 2.84. The molecule has 3 rings (SSSR count). The van der Waals surface area contributed by atoms with Gasteiger partial charge in [-0.05, 0) is 30.2 Å². The Hall–Kier alpha value is -3.57. The monoisotopic (exact) mass is 380 g/mol. The largest absolute Gasteiger partial charge is 0.497 e. The quantitative estimate of drug-likeness (QED) is 0.597. The number of nitrogens with one attached hydrogen (secondary N) is 1. The summed E-state index contributed by atoms with van der Waals surface area (Å²) in [5.74, 6) is 3.46. The molecule has 2 N–H and O–H groups in total. The summed E-state index contributed by atoms with van der Waals surface area (Å²) in [5, 5.41) is 9.11. The summed E-state index contributed by atoms with van der Waals surface area (Å²) < 4.78 is 7.53. The lowest BCUT2D eigenvalue weighted by atomic mass is 10.2. The molecule has 144 valence electrons. The van der Waals surface area contributed by atoms with Crippen LogP contribution < -0.4 is 16.0 Å². The molecule has 0 unspecified atom stereocenters. The molecule has 0 aliphatic carbocycles. The fraction of sp³-hybridized carbons (Fsp3) is 0.250. The molecule has 2 aromatic heterocycles. The summed E-state index contributed by atoms with van der Waals surface area (Å²) >= 11 is 0. The number of aromatic amines is 1. The second kappa shape index (κ2) is 8.41. The number of rotatable bonds is 7. The van der Waals surface area contributed by atoms with Crippen molar-refractivity contribution in [3.8, 4) is 18.1 Å². The maximum atomic E-state index is 12.6. The minimum absolute atomic E-state index is 0.0881. The van der Waals surface area contributed by atoms with E-state index in [0.29, 0.717) is 12.2 Å². The predicted octanol–water partition coefficient (Wildman–Crippen LogP) is 1.08. The van der Waals surface area contributed by atoms with Gasteiger partial charge in [0.05, 0.1) is 13.7 Å². The third kappa shape index (κ3) is 3.75. The number of nitrogens with zero attached hydrogens (tertiary/aromatic N) is 3. The first kappa shape index (κ1) is 19.2. The van der Waals surface area contributed by atoms with Crippen molar-refractivity contribution in [3.63, 3.8) is 0 Å². The predicted molar refractivity (Wildman–Crippen MR) is 107 cm³/mol. The summed E-state index contributed by atoms with van der Waals surface area (Å²) in [5.41, 5.74) is 0.257. The fourth-order valence-electron chi connectivity index (χ4n) is 2.84. The maximum Gasteiger partial charge on any atom is 0.333 e. The molecule has 0 saturated heterocycles. The molecule has 0 saturated carbocycles. The molecular weight excluding hydrogens is 360 g/mol. The topological polar surface area (TPSA) is 102 Å². The highest BCUT2D eigenvalue weighted by Gasteiger charge is 2.16. The first-order chi connectivity index (χ1) is 13.6. The summed E-state index contributed by atoms with van der Waals surface area (Å²) in [6.45, 7) is -0.00344. The van der Waals surface area contributed by atoms with Gasteiger partial charge in [0.1, 0.15) is 17.1 Å². The third-order valence-electron chi connectivity index (χ3n) is 4.20. The molecule has 2 heterocycles. The number of terminal acetylenes is 1. The normalized spacial score (nSPS) is 11.2. The number of hydrogen-bond acceptors (Lipinski definition) is 5. The zero-order chi connectivity index (χ0) is 20.1. The minimum atomic E-state index is -0.543. The van der Waals surface area contributed by atoms with Crippen molar-refractivity contribution in [1.82, 2.24) is 19.1 Å². The molecule has 0 aliphatic rings. The number of fused-ring (bicyclic) bond motifs is 1. The number of ether oxygens (including phenoxy) is 1. The number of benzene rings is 1. The molecule has 0 aliphatic heterocycles. The Labute approximate surface area is 160 Å². The zero-order valence-corrected chi connectivity index (χ0v) is 15.4. The first-order valence-electron chi connectivity index (χ1n) is 8.69. The average molecular weight is 380 g/mol. The van der Waals surface area contributed by atoms with Crippen LogP contribution in [0.25, 0.3) is 23.3 Å². The Bertz CT molecular complexity index is 1180. The van der Waals surface area contributed by atoms with Gasteiger partial charge in [-0.1, -0.05) is 24.1 Å². The van der Waals surface area contributed by atoms with Crippen molar-refractivity contribution in [2.24, 2.45) is 0 Å². The highest BCUT2D eigenvalue weighted by molar-refractivity contribution is 5.75. The van der Waals surface area contributed by atoms with Gasteiger partial charge in [0.25, 0.3) is 5.56 Å². The molecule has 0 spiro atoms. The number of aliphatic hydroxyl groups is 1. The van der Waals surface area contributed by atoms with Gasteiger partial charge in [-0.3, -0.25) is 9.36 Å². The van der Waals surface area contributed by atoms with E-state index in [4.69, 9.17) is 16.3 Å². The smallest absolute Gasteiger partial charge is 0.333 e. The van der Waals surface area contributed by atoms with Crippen LogP contribution in [0.4, 0.5) is 0 Å². The van der Waals surface area contributed by atoms with Gasteiger partial charge in [0, 0.05) is 13.2 Å². The van der Waals surface area contributed by atoms with Crippen molar-refractivity contribution in [1.29, 1.82) is 0 Å². The van der Waals surface area contributed by atoms with Crippen LogP contribution in [0.2, 0.25) is 0 Å². The lowest BCUT2D eigenvalue weighted by molar-refractivity contribution is 0.279. The van der Waals surface area contributed by atoms with Crippen molar-refractivity contribution in [2.45, 2.75) is 19.5 Å². The van der Waals surface area contributed by atoms with Crippen molar-refractivity contribution in [3.05, 3.63) is 56.5 Å². The Morgan fingerprint density at radius 3 is 2.86 bits per heavy atom. The van der Waals surface area contributed by atoms with E-state index in [1.807, 2.05) is 30.3 Å². The number of methoxy groups -OCH3 is 1. The van der Waals surface area contributed by atoms with E-state index >= 15 is 0 Å². The van der Waals surface area contributed by atoms with E-state index in [-0.39, 0.29) is 30.9 Å². The summed E-state index contributed by atoms with van der Waals surface area (Å²) in [7, 11) is 1.59. The van der Waals surface area contributed by atoms with Crippen LogP contribution in [0.5, 0.6) is 5.75 Å². The van der Waals surface area contributed by atoms with Crippen molar-refractivity contribution in [2.75, 3.05) is 13.7 Å². The molecule has 8 nitrogen and oxygen atoms in total. The molecule has 0 amide bonds. The van der Waals surface area contributed by atoms with Crippen LogP contribution >= 0.6 is 0 Å². The third-order valence-corrected chi connectivity index (χ3v) is 4.20. The van der Waals surface area contributed by atoms with Crippen LogP contribution in [0, 0.1) is 12.3 Å². The van der Waals surface area contributed by atoms with E-state index < -0.39 is 11.2 Å². The molecule has 0 radical (unpaired) electrons. The molecule has 8 heteroatoms. The minimum Gasteiger partial charge on any atom is -0.497 e. The Morgan fingerprint density at radius 2 is 2.14 bits per heavy atom. The van der Waals surface area contributed by atoms with E-state index in [1.165, 1.54) is 4.57 Å². The van der Waals surface area contributed by atoms with Crippen LogP contribution in [-0.4, -0.2) is 37.9 Å². The lowest BCUT2D eigenvalue weighted by Gasteiger charge is -2.08. The van der Waals surface area contributed by atoms with Gasteiger partial charge >= 0.3 is 5.69 Å². The molecular formula is C20H20N4O4. The molecule has 0 bridgehead atoms. The number of H-pyrrole nitrogens is 1. The number of imidazole rings is 1. The number of aryl methyl sites for hydroxylation is 1. The van der Waals surface area contributed by atoms with E-state index in [2.05, 4.69) is 15.9 Å². The Balaban J connectivity index is 2.09. The van der Waals surface area contributed by atoms with Crippen molar-refractivity contribution < 1.29 is 9.84 Å². The molecule has 0 atom stereocenters. The summed E-state index contributed by atoms with van der Waals surface area (Å²) in [4.78, 5) is 32.6. The van der Waals surface area contributed by atoms with Crippen LogP contribution in [-0.2, 0) is 13.1 Å².